The number of amides is 2. The molecule has 5 unspecified atom stereocenters. The van der Waals surface area contributed by atoms with E-state index in [2.05, 4.69) is 6.58 Å². The van der Waals surface area contributed by atoms with Gasteiger partial charge in [-0.25, -0.2) is 4.79 Å². The van der Waals surface area contributed by atoms with E-state index in [-0.39, 0.29) is 6.61 Å². The number of carbonyl (C=O) groups excluding carboxylic acids is 2. The van der Waals surface area contributed by atoms with Crippen LogP contribution in [0.15, 0.2) is 12.7 Å². The summed E-state index contributed by atoms with van der Waals surface area (Å²) in [6.07, 6.45) is -4.27. The molecule has 2 rings (SSSR count). The molecule has 5 atom stereocenters. The van der Waals surface area contributed by atoms with Crippen molar-refractivity contribution < 1.29 is 33.3 Å². The number of rotatable bonds is 6. The first-order valence-electron chi connectivity index (χ1n) is 6.74. The van der Waals surface area contributed by atoms with Gasteiger partial charge in [0.15, 0.2) is 30.4 Å². The second kappa shape index (κ2) is 6.21. The third-order valence-electron chi connectivity index (χ3n) is 3.25. The van der Waals surface area contributed by atoms with Gasteiger partial charge in [0.2, 0.25) is 5.91 Å². The quantitative estimate of drug-likeness (QED) is 0.624. The summed E-state index contributed by atoms with van der Waals surface area (Å²) < 4.78 is 27.1. The first kappa shape index (κ1) is 16.7. The van der Waals surface area contributed by atoms with Crippen LogP contribution < -0.4 is 11.5 Å². The van der Waals surface area contributed by atoms with E-state index in [0.29, 0.717) is 0 Å². The molecule has 124 valence electrons. The SMILES string of the molecule is C=CCOC(C(N)=O)C1OC2OC(C)(C)OC2C1OC(N)=O. The highest BCUT2D eigenvalue weighted by Gasteiger charge is 2.59. The summed E-state index contributed by atoms with van der Waals surface area (Å²) in [6, 6.07) is 0. The van der Waals surface area contributed by atoms with Crippen molar-refractivity contribution in [1.82, 2.24) is 0 Å². The Kier molecular flexibility index (Phi) is 4.71. The molecule has 2 saturated heterocycles. The lowest BCUT2D eigenvalue weighted by molar-refractivity contribution is -0.226. The second-order valence-corrected chi connectivity index (χ2v) is 5.42. The predicted octanol–water partition coefficient (Wildman–Crippen LogP) is -0.617. The van der Waals surface area contributed by atoms with Crippen molar-refractivity contribution in [3.8, 4) is 0 Å². The van der Waals surface area contributed by atoms with Crippen molar-refractivity contribution in [2.75, 3.05) is 6.61 Å². The van der Waals surface area contributed by atoms with Gasteiger partial charge in [0.05, 0.1) is 6.61 Å². The van der Waals surface area contributed by atoms with Crippen LogP contribution in [-0.2, 0) is 28.5 Å². The molecule has 2 aliphatic heterocycles. The van der Waals surface area contributed by atoms with Gasteiger partial charge in [0, 0.05) is 0 Å². The second-order valence-electron chi connectivity index (χ2n) is 5.42. The van der Waals surface area contributed by atoms with Crippen LogP contribution in [-0.4, -0.2) is 55.1 Å². The van der Waals surface area contributed by atoms with E-state index in [4.69, 9.17) is 35.2 Å². The number of hydrogen-bond donors (Lipinski definition) is 2. The smallest absolute Gasteiger partial charge is 0.404 e. The molecule has 2 heterocycles. The number of carbonyl (C=O) groups is 2. The lowest BCUT2D eigenvalue weighted by Gasteiger charge is -2.28. The third kappa shape index (κ3) is 3.38. The van der Waals surface area contributed by atoms with Crippen LogP contribution in [0.4, 0.5) is 4.79 Å². The van der Waals surface area contributed by atoms with Crippen molar-refractivity contribution in [3.63, 3.8) is 0 Å². The summed E-state index contributed by atoms with van der Waals surface area (Å²) >= 11 is 0. The molecule has 0 saturated carbocycles. The van der Waals surface area contributed by atoms with Gasteiger partial charge in [-0.3, -0.25) is 4.79 Å². The van der Waals surface area contributed by atoms with Crippen molar-refractivity contribution in [1.29, 1.82) is 0 Å². The average Bonchev–Trinajstić information content (AvgIpc) is 2.83. The van der Waals surface area contributed by atoms with Gasteiger partial charge in [-0.1, -0.05) is 6.08 Å². The Balaban J connectivity index is 2.20. The molecule has 2 aliphatic rings. The van der Waals surface area contributed by atoms with Crippen molar-refractivity contribution >= 4 is 12.0 Å². The van der Waals surface area contributed by atoms with Crippen molar-refractivity contribution in [2.24, 2.45) is 11.5 Å². The van der Waals surface area contributed by atoms with Gasteiger partial charge < -0.3 is 35.2 Å². The summed E-state index contributed by atoms with van der Waals surface area (Å²) in [5, 5.41) is 0. The Morgan fingerprint density at radius 1 is 1.36 bits per heavy atom. The maximum Gasteiger partial charge on any atom is 0.404 e. The standard InChI is InChI=1S/C13H20N2O7/c1-4-5-18-8(10(14)16)6-7(20-12(15)17)9-11(19-6)22-13(2,3)21-9/h4,6-9,11H,1,5H2,2-3H3,(H2,14,16)(H2,15,17). The Morgan fingerprint density at radius 2 is 2.05 bits per heavy atom. The molecule has 9 heteroatoms. The van der Waals surface area contributed by atoms with Crippen LogP contribution in [0.5, 0.6) is 0 Å². The fourth-order valence-corrected chi connectivity index (χ4v) is 2.53. The average molecular weight is 316 g/mol. The highest BCUT2D eigenvalue weighted by molar-refractivity contribution is 5.80. The zero-order chi connectivity index (χ0) is 16.5. The molecule has 0 aliphatic carbocycles. The summed E-state index contributed by atoms with van der Waals surface area (Å²) in [6.45, 7) is 6.93. The Labute approximate surface area is 127 Å². The lowest BCUT2D eigenvalue weighted by atomic mass is 10.0. The molecule has 0 bridgehead atoms. The summed E-state index contributed by atoms with van der Waals surface area (Å²) in [5.74, 6) is -1.69. The van der Waals surface area contributed by atoms with Crippen LogP contribution in [0.25, 0.3) is 0 Å². The first-order valence-corrected chi connectivity index (χ1v) is 6.74. The van der Waals surface area contributed by atoms with E-state index in [1.54, 1.807) is 13.8 Å². The van der Waals surface area contributed by atoms with Crippen molar-refractivity contribution in [3.05, 3.63) is 12.7 Å². The molecule has 4 N–H and O–H groups in total. The molecule has 22 heavy (non-hydrogen) atoms. The van der Waals surface area contributed by atoms with Crippen molar-refractivity contribution in [2.45, 2.75) is 50.3 Å². The number of nitrogens with two attached hydrogens (primary N) is 2. The highest BCUT2D eigenvalue weighted by Crippen LogP contribution is 2.40. The van der Waals surface area contributed by atoms with Gasteiger partial charge in [0.1, 0.15) is 6.10 Å². The summed E-state index contributed by atoms with van der Waals surface area (Å²) in [7, 11) is 0. The van der Waals surface area contributed by atoms with E-state index in [9.17, 15) is 9.59 Å². The molecule has 0 aromatic carbocycles. The maximum atomic E-state index is 11.6. The largest absolute Gasteiger partial charge is 0.440 e. The molecule has 0 spiro atoms. The molecular weight excluding hydrogens is 296 g/mol. The molecule has 0 aromatic rings. The monoisotopic (exact) mass is 316 g/mol. The van der Waals surface area contributed by atoms with E-state index in [1.165, 1.54) is 6.08 Å². The third-order valence-corrected chi connectivity index (χ3v) is 3.25. The van der Waals surface area contributed by atoms with Crippen LogP contribution in [0.2, 0.25) is 0 Å². The van der Waals surface area contributed by atoms with E-state index >= 15 is 0 Å². The highest BCUT2D eigenvalue weighted by atomic mass is 16.8. The predicted molar refractivity (Wildman–Crippen MR) is 72.3 cm³/mol. The minimum Gasteiger partial charge on any atom is -0.440 e. The van der Waals surface area contributed by atoms with E-state index in [1.807, 2.05) is 0 Å². The lowest BCUT2D eigenvalue weighted by Crippen LogP contribution is -2.50. The fourth-order valence-electron chi connectivity index (χ4n) is 2.53. The number of hydrogen-bond acceptors (Lipinski definition) is 7. The first-order chi connectivity index (χ1) is 10.2. The van der Waals surface area contributed by atoms with Crippen LogP contribution in [0.1, 0.15) is 13.8 Å². The zero-order valence-electron chi connectivity index (χ0n) is 12.4. The molecular formula is C13H20N2O7. The van der Waals surface area contributed by atoms with Gasteiger partial charge in [-0.15, -0.1) is 6.58 Å². The number of primary amides is 2. The normalized spacial score (nSPS) is 33.9. The zero-order valence-corrected chi connectivity index (χ0v) is 12.4. The summed E-state index contributed by atoms with van der Waals surface area (Å²) in [5.41, 5.74) is 10.4. The Hall–Kier alpha value is -1.68. The minimum absolute atomic E-state index is 0.0687. The molecule has 9 nitrogen and oxygen atoms in total. The Morgan fingerprint density at radius 3 is 2.59 bits per heavy atom. The van der Waals surface area contributed by atoms with Gasteiger partial charge in [-0.2, -0.15) is 0 Å². The molecule has 0 radical (unpaired) electrons. The van der Waals surface area contributed by atoms with Gasteiger partial charge in [0.25, 0.3) is 0 Å². The number of ether oxygens (including phenoxy) is 5. The van der Waals surface area contributed by atoms with Crippen LogP contribution >= 0.6 is 0 Å². The van der Waals surface area contributed by atoms with Crippen LogP contribution in [0, 0.1) is 0 Å². The van der Waals surface area contributed by atoms with E-state index < -0.39 is 48.5 Å². The van der Waals surface area contributed by atoms with E-state index in [0.717, 1.165) is 0 Å². The number of fused-ring (bicyclic) bond motifs is 1. The maximum absolute atomic E-state index is 11.6. The van der Waals surface area contributed by atoms with Crippen LogP contribution in [0.3, 0.4) is 0 Å². The topological polar surface area (TPSA) is 132 Å². The fraction of sp³-hybridized carbons (Fsp3) is 0.692. The Bertz CT molecular complexity index is 467. The van der Waals surface area contributed by atoms with Gasteiger partial charge in [-0.05, 0) is 13.8 Å². The van der Waals surface area contributed by atoms with Gasteiger partial charge >= 0.3 is 6.09 Å². The minimum atomic E-state index is -1.16. The molecule has 0 aromatic heterocycles. The summed E-state index contributed by atoms with van der Waals surface area (Å²) in [4.78, 5) is 22.7. The molecule has 2 amide bonds. The molecule has 2 fully saturated rings.